The van der Waals surface area contributed by atoms with E-state index in [4.69, 9.17) is 20.8 Å². The summed E-state index contributed by atoms with van der Waals surface area (Å²) in [5.74, 6) is -0.494. The second-order valence-electron chi connectivity index (χ2n) is 3.76. The number of hydrogen-bond donors (Lipinski definition) is 0. The number of esters is 1. The van der Waals surface area contributed by atoms with Crippen molar-refractivity contribution >= 4 is 5.97 Å². The van der Waals surface area contributed by atoms with Crippen LogP contribution >= 0.6 is 0 Å². The summed E-state index contributed by atoms with van der Waals surface area (Å²) in [5.41, 5.74) is -1.20. The molecular formula is C13H23NO4. The second-order valence-corrected chi connectivity index (χ2v) is 3.76. The normalized spacial score (nSPS) is 14.0. The number of carbonyl (C=O) groups excluding carboxylic acids is 1. The Labute approximate surface area is 109 Å². The Hall–Kier alpha value is -1.12. The Morgan fingerprint density at radius 2 is 1.72 bits per heavy atom. The standard InChI is InChI=1S/C13H23NO4/c1-6-13(14-5,12(15)18-9-4)10-11(16-7-2)17-8-3/h11H,6-10H2,1-4H3. The molecule has 0 aromatic rings. The van der Waals surface area contributed by atoms with Crippen LogP contribution in [0, 0.1) is 6.57 Å². The third kappa shape index (κ3) is 4.63. The lowest BCUT2D eigenvalue weighted by Crippen LogP contribution is -2.41. The summed E-state index contributed by atoms with van der Waals surface area (Å²) in [6.45, 7) is 15.7. The Morgan fingerprint density at radius 3 is 2.06 bits per heavy atom. The Kier molecular flexibility index (Phi) is 8.34. The van der Waals surface area contributed by atoms with Gasteiger partial charge >= 0.3 is 11.5 Å². The topological polar surface area (TPSA) is 49.1 Å². The Balaban J connectivity index is 4.87. The van der Waals surface area contributed by atoms with Gasteiger partial charge in [-0.3, -0.25) is 4.85 Å². The van der Waals surface area contributed by atoms with Gasteiger partial charge in [0.05, 0.1) is 13.0 Å². The summed E-state index contributed by atoms with van der Waals surface area (Å²) in [5, 5.41) is 0. The highest BCUT2D eigenvalue weighted by Crippen LogP contribution is 2.26. The minimum absolute atomic E-state index is 0.202. The van der Waals surface area contributed by atoms with E-state index >= 15 is 0 Å². The number of rotatable bonds is 9. The average Bonchev–Trinajstić information content (AvgIpc) is 2.36. The third-order valence-electron chi connectivity index (χ3n) is 2.66. The first-order valence-electron chi connectivity index (χ1n) is 6.39. The molecule has 18 heavy (non-hydrogen) atoms. The van der Waals surface area contributed by atoms with Crippen molar-refractivity contribution < 1.29 is 19.0 Å². The van der Waals surface area contributed by atoms with Crippen molar-refractivity contribution in [3.63, 3.8) is 0 Å². The fourth-order valence-electron chi connectivity index (χ4n) is 1.62. The van der Waals surface area contributed by atoms with E-state index in [-0.39, 0.29) is 13.0 Å². The molecule has 0 radical (unpaired) electrons. The van der Waals surface area contributed by atoms with Gasteiger partial charge in [-0.05, 0) is 20.8 Å². The first-order chi connectivity index (χ1) is 8.60. The monoisotopic (exact) mass is 257 g/mol. The molecular weight excluding hydrogens is 234 g/mol. The molecule has 5 nitrogen and oxygen atoms in total. The molecule has 0 aromatic heterocycles. The maximum Gasteiger partial charge on any atom is 0.393 e. The molecule has 0 amide bonds. The number of carbonyl (C=O) groups is 1. The van der Waals surface area contributed by atoms with Crippen molar-refractivity contribution in [1.82, 2.24) is 0 Å². The van der Waals surface area contributed by atoms with Gasteiger partial charge in [-0.15, -0.1) is 0 Å². The molecule has 0 bridgehead atoms. The van der Waals surface area contributed by atoms with E-state index < -0.39 is 17.8 Å². The molecule has 0 aliphatic heterocycles. The Bertz CT molecular complexity index is 281. The molecule has 0 aliphatic carbocycles. The van der Waals surface area contributed by atoms with Gasteiger partial charge in [-0.1, -0.05) is 6.92 Å². The van der Waals surface area contributed by atoms with Gasteiger partial charge in [0.1, 0.15) is 0 Å². The fraction of sp³-hybridized carbons (Fsp3) is 0.846. The van der Waals surface area contributed by atoms with E-state index in [1.54, 1.807) is 13.8 Å². The summed E-state index contributed by atoms with van der Waals surface area (Å²) in [6, 6.07) is 0. The lowest BCUT2D eigenvalue weighted by Gasteiger charge is -2.24. The zero-order valence-corrected chi connectivity index (χ0v) is 11.7. The summed E-state index contributed by atoms with van der Waals surface area (Å²) < 4.78 is 15.8. The van der Waals surface area contributed by atoms with Crippen LogP contribution in [0.4, 0.5) is 0 Å². The molecule has 0 spiro atoms. The molecule has 0 aromatic carbocycles. The molecule has 1 atom stereocenters. The molecule has 0 rings (SSSR count). The SMILES string of the molecule is [C-]#[N+]C(CC)(CC(OCC)OCC)C(=O)OCC. The van der Waals surface area contributed by atoms with Gasteiger partial charge < -0.3 is 14.2 Å². The molecule has 0 aliphatic rings. The van der Waals surface area contributed by atoms with E-state index in [9.17, 15) is 4.79 Å². The van der Waals surface area contributed by atoms with Gasteiger partial charge in [-0.2, -0.15) is 0 Å². The predicted octanol–water partition coefficient (Wildman–Crippen LogP) is 2.41. The highest BCUT2D eigenvalue weighted by Gasteiger charge is 2.48. The fourth-order valence-corrected chi connectivity index (χ4v) is 1.62. The van der Waals surface area contributed by atoms with Crippen LogP contribution in [0.25, 0.3) is 4.85 Å². The molecule has 0 N–H and O–H groups in total. The highest BCUT2D eigenvalue weighted by molar-refractivity contribution is 5.83. The lowest BCUT2D eigenvalue weighted by molar-refractivity contribution is -0.164. The maximum atomic E-state index is 11.9. The first kappa shape index (κ1) is 16.9. The molecule has 5 heteroatoms. The molecule has 0 saturated heterocycles. The van der Waals surface area contributed by atoms with Crippen molar-refractivity contribution in [2.75, 3.05) is 19.8 Å². The number of hydrogen-bond acceptors (Lipinski definition) is 4. The van der Waals surface area contributed by atoms with Gasteiger partial charge in [0.15, 0.2) is 6.29 Å². The lowest BCUT2D eigenvalue weighted by atomic mass is 9.92. The van der Waals surface area contributed by atoms with Crippen LogP contribution in [-0.2, 0) is 19.0 Å². The van der Waals surface area contributed by atoms with Gasteiger partial charge in [0.2, 0.25) is 0 Å². The smallest absolute Gasteiger partial charge is 0.393 e. The highest BCUT2D eigenvalue weighted by atomic mass is 16.7. The summed E-state index contributed by atoms with van der Waals surface area (Å²) >= 11 is 0. The van der Waals surface area contributed by atoms with Crippen molar-refractivity contribution in [3.8, 4) is 0 Å². The minimum Gasteiger partial charge on any atom is -0.460 e. The van der Waals surface area contributed by atoms with Crippen molar-refractivity contribution in [2.24, 2.45) is 0 Å². The van der Waals surface area contributed by atoms with Crippen LogP contribution in [0.5, 0.6) is 0 Å². The molecule has 104 valence electrons. The van der Waals surface area contributed by atoms with Crippen molar-refractivity contribution in [1.29, 1.82) is 0 Å². The van der Waals surface area contributed by atoms with Crippen molar-refractivity contribution in [2.45, 2.75) is 52.4 Å². The van der Waals surface area contributed by atoms with Crippen molar-refractivity contribution in [3.05, 3.63) is 11.4 Å². The molecule has 0 fully saturated rings. The molecule has 0 saturated carbocycles. The number of nitrogens with zero attached hydrogens (tertiary/aromatic N) is 1. The Morgan fingerprint density at radius 1 is 1.17 bits per heavy atom. The predicted molar refractivity (Wildman–Crippen MR) is 67.9 cm³/mol. The van der Waals surface area contributed by atoms with Crippen LogP contribution in [0.1, 0.15) is 40.5 Å². The van der Waals surface area contributed by atoms with Crippen LogP contribution in [0.15, 0.2) is 0 Å². The quantitative estimate of drug-likeness (QED) is 0.361. The number of ether oxygens (including phenoxy) is 3. The second kappa shape index (κ2) is 8.90. The van der Waals surface area contributed by atoms with Gasteiger partial charge in [-0.25, -0.2) is 11.4 Å². The van der Waals surface area contributed by atoms with Crippen LogP contribution < -0.4 is 0 Å². The maximum absolute atomic E-state index is 11.9. The van der Waals surface area contributed by atoms with E-state index in [1.807, 2.05) is 13.8 Å². The third-order valence-corrected chi connectivity index (χ3v) is 2.66. The van der Waals surface area contributed by atoms with E-state index in [0.29, 0.717) is 19.6 Å². The van der Waals surface area contributed by atoms with E-state index in [2.05, 4.69) is 4.85 Å². The summed E-state index contributed by atoms with van der Waals surface area (Å²) in [7, 11) is 0. The van der Waals surface area contributed by atoms with E-state index in [1.165, 1.54) is 0 Å². The average molecular weight is 257 g/mol. The first-order valence-corrected chi connectivity index (χ1v) is 6.39. The molecule has 0 heterocycles. The zero-order valence-electron chi connectivity index (χ0n) is 11.7. The van der Waals surface area contributed by atoms with Crippen LogP contribution in [0.2, 0.25) is 0 Å². The molecule has 1 unspecified atom stereocenters. The van der Waals surface area contributed by atoms with Gasteiger partial charge in [0, 0.05) is 19.6 Å². The summed E-state index contributed by atoms with van der Waals surface area (Å²) in [6.07, 6.45) is 0.0397. The van der Waals surface area contributed by atoms with Crippen LogP contribution in [-0.4, -0.2) is 37.6 Å². The van der Waals surface area contributed by atoms with E-state index in [0.717, 1.165) is 0 Å². The summed E-state index contributed by atoms with van der Waals surface area (Å²) in [4.78, 5) is 15.4. The van der Waals surface area contributed by atoms with Crippen LogP contribution in [0.3, 0.4) is 0 Å². The minimum atomic E-state index is -1.20. The largest absolute Gasteiger partial charge is 0.460 e. The van der Waals surface area contributed by atoms with Gasteiger partial charge in [0.25, 0.3) is 0 Å². The zero-order chi connectivity index (χ0) is 14.0.